The largest absolute Gasteiger partial charge is 0.480 e. The van der Waals surface area contributed by atoms with Crippen LogP contribution in [0.25, 0.3) is 22.2 Å². The lowest BCUT2D eigenvalue weighted by molar-refractivity contribution is -0.0224. The van der Waals surface area contributed by atoms with Crippen molar-refractivity contribution in [1.82, 2.24) is 19.9 Å². The average Bonchev–Trinajstić information content (AvgIpc) is 3.77. The molecule has 0 radical (unpaired) electrons. The third-order valence-electron chi connectivity index (χ3n) is 13.0. The zero-order chi connectivity index (χ0) is 38.2. The molecule has 2 saturated carbocycles. The van der Waals surface area contributed by atoms with Gasteiger partial charge in [0.05, 0.1) is 45.0 Å². The number of rotatable bonds is 8. The van der Waals surface area contributed by atoms with Crippen molar-refractivity contribution >= 4 is 38.5 Å². The topological polar surface area (TPSA) is 177 Å². The predicted octanol–water partition coefficient (Wildman–Crippen LogP) is 4.46. The number of nitrogens with one attached hydrogen (secondary N) is 1. The highest BCUT2D eigenvalue weighted by Gasteiger charge is 2.53. The van der Waals surface area contributed by atoms with E-state index in [0.29, 0.717) is 66.0 Å². The molecule has 0 bridgehead atoms. The minimum atomic E-state index is -2.93. The molecule has 54 heavy (non-hydrogen) atoms. The summed E-state index contributed by atoms with van der Waals surface area (Å²) < 4.78 is 60.1. The number of ether oxygens (including phenoxy) is 3. The predicted molar refractivity (Wildman–Crippen MR) is 205 cm³/mol. The molecule has 4 N–H and O–H groups in total. The van der Waals surface area contributed by atoms with E-state index in [2.05, 4.69) is 9.88 Å². The average molecular weight is 766 g/mol. The fourth-order valence-electron chi connectivity index (χ4n) is 10.5. The van der Waals surface area contributed by atoms with Crippen molar-refractivity contribution in [3.05, 3.63) is 28.6 Å². The van der Waals surface area contributed by atoms with Gasteiger partial charge in [0.25, 0.3) is 0 Å². The number of fused-ring (bicyclic) bond motifs is 3. The van der Waals surface area contributed by atoms with E-state index in [0.717, 1.165) is 68.8 Å². The summed E-state index contributed by atoms with van der Waals surface area (Å²) in [6, 6.07) is 2.45. The van der Waals surface area contributed by atoms with Crippen LogP contribution < -0.4 is 20.1 Å². The second-order valence-corrected chi connectivity index (χ2v) is 18.9. The Morgan fingerprint density at radius 1 is 1.15 bits per heavy atom. The van der Waals surface area contributed by atoms with Crippen LogP contribution in [0.15, 0.2) is 6.07 Å². The summed E-state index contributed by atoms with van der Waals surface area (Å²) >= 11 is 0. The summed E-state index contributed by atoms with van der Waals surface area (Å²) in [6.07, 6.45) is 8.10. The van der Waals surface area contributed by atoms with Gasteiger partial charge in [0.15, 0.2) is 15.7 Å². The number of aliphatic hydroxyl groups is 1. The number of benzene rings is 1. The number of likely N-dealkylation sites (tertiary alicyclic amines) is 1. The van der Waals surface area contributed by atoms with Gasteiger partial charge in [0, 0.05) is 47.1 Å². The number of nitrogens with two attached hydrogens (primary N) is 1. The number of halogens is 1. The molecular weight excluding hydrogens is 714 g/mol. The molecule has 13 nitrogen and oxygen atoms in total. The maximum atomic E-state index is 17.3. The summed E-state index contributed by atoms with van der Waals surface area (Å²) in [4.78, 5) is 18.9. The van der Waals surface area contributed by atoms with Crippen LogP contribution in [-0.2, 0) is 14.6 Å². The quantitative estimate of drug-likeness (QED) is 0.217. The minimum Gasteiger partial charge on any atom is -0.480 e. The molecule has 5 unspecified atom stereocenters. The smallest absolute Gasteiger partial charge is 0.319 e. The maximum Gasteiger partial charge on any atom is 0.319 e. The van der Waals surface area contributed by atoms with Gasteiger partial charge in [-0.1, -0.05) is 6.42 Å². The number of nitrogen functional groups attached to an aromatic ring is 1. The number of sulfone groups is 1. The number of hydrogen-bond donors (Lipinski definition) is 3. The van der Waals surface area contributed by atoms with Crippen molar-refractivity contribution in [2.75, 3.05) is 68.7 Å². The molecule has 1 aromatic carbocycles. The lowest BCUT2D eigenvalue weighted by atomic mass is 9.75. The first-order valence-corrected chi connectivity index (χ1v) is 21.0. The van der Waals surface area contributed by atoms with Crippen molar-refractivity contribution in [3.63, 3.8) is 0 Å². The number of piperidine rings is 1. The summed E-state index contributed by atoms with van der Waals surface area (Å²) in [6.45, 7) is 7.73. The van der Waals surface area contributed by atoms with E-state index in [1.165, 1.54) is 7.11 Å². The Kier molecular flexibility index (Phi) is 9.54. The van der Waals surface area contributed by atoms with E-state index in [1.54, 1.807) is 13.0 Å². The Labute approximate surface area is 316 Å². The fourth-order valence-corrected chi connectivity index (χ4v) is 12.7. The molecule has 15 heteroatoms. The zero-order valence-electron chi connectivity index (χ0n) is 31.7. The van der Waals surface area contributed by atoms with E-state index < -0.39 is 21.3 Å². The first kappa shape index (κ1) is 37.3. The molecule has 292 valence electrons. The SMILES string of the molecule is COc1nc(-c2c(C)c(C)cc(N)c2C=N)c(F)c2nc(OCC34CCCC3N(C3CC5CS(=O)(=O)CC5C3)CCC4)nc(N3CCOCC(C)(O)C3)c12. The molecule has 2 aliphatic carbocycles. The number of pyridine rings is 1. The molecule has 8 rings (SSSR count). The number of β-amino-alcohol motifs (C(OH)–C–C–N with tert-alkyl or cyclic N) is 1. The van der Waals surface area contributed by atoms with Gasteiger partial charge < -0.3 is 35.4 Å². The van der Waals surface area contributed by atoms with Gasteiger partial charge in [-0.3, -0.25) is 4.90 Å². The third-order valence-corrected chi connectivity index (χ3v) is 14.9. The third kappa shape index (κ3) is 6.48. The number of anilines is 2. The van der Waals surface area contributed by atoms with Crippen molar-refractivity contribution in [1.29, 1.82) is 5.41 Å². The second-order valence-electron chi connectivity index (χ2n) is 16.8. The molecule has 5 aliphatic rings. The second kappa shape index (κ2) is 13.8. The van der Waals surface area contributed by atoms with Crippen molar-refractivity contribution < 1.29 is 32.1 Å². The number of aryl methyl sites for hydroxylation is 1. The van der Waals surface area contributed by atoms with E-state index in [4.69, 9.17) is 35.3 Å². The van der Waals surface area contributed by atoms with Crippen LogP contribution in [0.5, 0.6) is 11.9 Å². The van der Waals surface area contributed by atoms with Crippen molar-refractivity contribution in [2.24, 2.45) is 17.3 Å². The number of aromatic nitrogens is 3. The van der Waals surface area contributed by atoms with Crippen LogP contribution in [0.1, 0.15) is 68.6 Å². The lowest BCUT2D eigenvalue weighted by Gasteiger charge is -2.48. The number of nitrogens with zero attached hydrogens (tertiary/aromatic N) is 5. The van der Waals surface area contributed by atoms with Gasteiger partial charge in [-0.2, -0.15) is 9.97 Å². The van der Waals surface area contributed by atoms with Crippen LogP contribution in [0.4, 0.5) is 15.9 Å². The van der Waals surface area contributed by atoms with Crippen molar-refractivity contribution in [3.8, 4) is 23.1 Å². The number of hydrogen-bond acceptors (Lipinski definition) is 13. The van der Waals surface area contributed by atoms with E-state index in [9.17, 15) is 13.5 Å². The molecule has 3 aromatic rings. The van der Waals surface area contributed by atoms with Crippen molar-refractivity contribution in [2.45, 2.75) is 83.4 Å². The van der Waals surface area contributed by atoms with Crippen LogP contribution in [0, 0.1) is 42.3 Å². The van der Waals surface area contributed by atoms with E-state index in [-0.39, 0.29) is 58.9 Å². The molecule has 5 fully saturated rings. The lowest BCUT2D eigenvalue weighted by Crippen LogP contribution is -2.55. The summed E-state index contributed by atoms with van der Waals surface area (Å²) in [5.41, 5.74) is 7.51. The fraction of sp³-hybridized carbons (Fsp3) is 0.641. The highest BCUT2D eigenvalue weighted by Crippen LogP contribution is 2.52. The van der Waals surface area contributed by atoms with E-state index >= 15 is 4.39 Å². The van der Waals surface area contributed by atoms with Gasteiger partial charge in [-0.05, 0) is 94.9 Å². The summed E-state index contributed by atoms with van der Waals surface area (Å²) in [5, 5.41) is 19.6. The molecular formula is C39H52FN7O6S. The first-order valence-electron chi connectivity index (χ1n) is 19.2. The van der Waals surface area contributed by atoms with Crippen LogP contribution in [0.3, 0.4) is 0 Å². The van der Waals surface area contributed by atoms with Gasteiger partial charge in [0.2, 0.25) is 5.88 Å². The van der Waals surface area contributed by atoms with Crippen LogP contribution in [0.2, 0.25) is 0 Å². The Balaban J connectivity index is 1.19. The molecule has 3 saturated heterocycles. The van der Waals surface area contributed by atoms with Gasteiger partial charge in [-0.15, -0.1) is 0 Å². The standard InChI is InChI=1S/C39H52FN7O6S/c1-22-13-28(42)27(16-41)30(23(22)2)33-32(40)34-31(36(43-33)51-4)35(46-11-12-52-20-38(3,48)19-46)45-37(44-34)53-21-39-8-5-7-29(39)47(10-6-9-39)26-14-24-17-54(49,50)18-25(24)15-26/h13,16,24-26,29,41,48H,5-12,14-15,17-21,42H2,1-4H3. The van der Waals surface area contributed by atoms with Gasteiger partial charge >= 0.3 is 6.01 Å². The Morgan fingerprint density at radius 2 is 1.89 bits per heavy atom. The number of methoxy groups -OCH3 is 1. The van der Waals surface area contributed by atoms with E-state index in [1.807, 2.05) is 18.7 Å². The van der Waals surface area contributed by atoms with Crippen LogP contribution in [-0.4, -0.2) is 115 Å². The Morgan fingerprint density at radius 3 is 2.61 bits per heavy atom. The monoisotopic (exact) mass is 765 g/mol. The normalized spacial score (nSPS) is 31.0. The molecule has 3 aliphatic heterocycles. The minimum absolute atomic E-state index is 0.0194. The highest BCUT2D eigenvalue weighted by molar-refractivity contribution is 7.91. The molecule has 2 aromatic heterocycles. The molecule has 0 spiro atoms. The van der Waals surface area contributed by atoms with Crippen LogP contribution >= 0.6 is 0 Å². The molecule has 5 heterocycles. The zero-order valence-corrected chi connectivity index (χ0v) is 32.5. The van der Waals surface area contributed by atoms with Gasteiger partial charge in [-0.25, -0.2) is 17.8 Å². The highest BCUT2D eigenvalue weighted by atomic mass is 32.2. The summed E-state index contributed by atoms with van der Waals surface area (Å²) in [5.74, 6) is 0.840. The Hall–Kier alpha value is -3.66. The van der Waals surface area contributed by atoms with Gasteiger partial charge in [0.1, 0.15) is 28.0 Å². The Bertz CT molecular complexity index is 2080. The first-order chi connectivity index (χ1) is 25.7. The molecule has 0 amide bonds. The maximum absolute atomic E-state index is 17.3. The summed E-state index contributed by atoms with van der Waals surface area (Å²) in [7, 11) is -1.47. The molecule has 5 atom stereocenters.